The minimum atomic E-state index is -3.26. The first kappa shape index (κ1) is 40.4. The number of nitrogens with one attached hydrogen (secondary N) is 3. The Labute approximate surface area is 273 Å². The maximum absolute atomic E-state index is 12.9. The molecule has 1 aliphatic heterocycles. The molecular weight excluding hydrogens is 616 g/mol. The summed E-state index contributed by atoms with van der Waals surface area (Å²) in [7, 11) is -1.70. The second-order valence-corrected chi connectivity index (χ2v) is 14.8. The van der Waals surface area contributed by atoms with E-state index in [4.69, 9.17) is 9.47 Å². The lowest BCUT2D eigenvalue weighted by Crippen LogP contribution is -2.49. The van der Waals surface area contributed by atoms with Crippen LogP contribution in [0.15, 0.2) is 37.4 Å². The number of carbonyl (C=O) groups excluding carboxylic acids is 4. The zero-order valence-electron chi connectivity index (χ0n) is 28.1. The molecule has 2 aliphatic carbocycles. The minimum absolute atomic E-state index is 0.0586. The highest BCUT2D eigenvalue weighted by atomic mass is 32.2. The summed E-state index contributed by atoms with van der Waals surface area (Å²) in [5.74, 6) is 0.715. The summed E-state index contributed by atoms with van der Waals surface area (Å²) < 4.78 is 33.4. The first-order chi connectivity index (χ1) is 21.4. The number of hydrogen-bond donors (Lipinski definition) is 4. The lowest BCUT2D eigenvalue weighted by molar-refractivity contribution is -0.138. The zero-order chi connectivity index (χ0) is 35.3. The third-order valence-corrected chi connectivity index (χ3v) is 8.25. The van der Waals surface area contributed by atoms with Crippen molar-refractivity contribution in [3.8, 4) is 5.75 Å². The molecule has 0 radical (unpaired) electrons. The van der Waals surface area contributed by atoms with Gasteiger partial charge in [-0.05, 0) is 70.1 Å². The van der Waals surface area contributed by atoms with Crippen molar-refractivity contribution in [2.75, 3.05) is 20.2 Å². The monoisotopic (exact) mass is 668 g/mol. The van der Waals surface area contributed by atoms with E-state index in [9.17, 15) is 32.7 Å². The van der Waals surface area contributed by atoms with Gasteiger partial charge in [0.2, 0.25) is 28.2 Å². The van der Waals surface area contributed by atoms with Gasteiger partial charge in [-0.25, -0.2) is 13.2 Å². The second kappa shape index (κ2) is 17.9. The SMILES string of the molecule is C=C.CC(C)C.COc1ccc([C@]2(O)C[C@@H](C(=O)NC3CC3)N(C(=O)CNC(=O)OC(C)(C)C)C2)cc1.O=CNS(=O)(=O)C1CC1. The quantitative estimate of drug-likeness (QED) is 0.227. The third-order valence-electron chi connectivity index (χ3n) is 6.47. The third kappa shape index (κ3) is 14.2. The molecule has 2 atom stereocenters. The number of hydrogen-bond acceptors (Lipinski definition) is 9. The lowest BCUT2D eigenvalue weighted by Gasteiger charge is -2.25. The Kier molecular flexibility index (Phi) is 15.7. The molecule has 0 bridgehead atoms. The van der Waals surface area contributed by atoms with Crippen LogP contribution in [0.1, 0.15) is 79.2 Å². The number of nitrogens with zero attached hydrogens (tertiary/aromatic N) is 1. The summed E-state index contributed by atoms with van der Waals surface area (Å²) in [5, 5.41) is 16.4. The molecule has 4 N–H and O–H groups in total. The Morgan fingerprint density at radius 2 is 1.63 bits per heavy atom. The highest BCUT2D eigenvalue weighted by Gasteiger charge is 2.49. The Morgan fingerprint density at radius 3 is 2.07 bits per heavy atom. The molecule has 2 saturated carbocycles. The van der Waals surface area contributed by atoms with E-state index in [0.717, 1.165) is 18.8 Å². The lowest BCUT2D eigenvalue weighted by atomic mass is 9.91. The van der Waals surface area contributed by atoms with Crippen molar-refractivity contribution in [2.24, 2.45) is 5.92 Å². The van der Waals surface area contributed by atoms with E-state index in [0.29, 0.717) is 24.2 Å². The van der Waals surface area contributed by atoms with Crippen molar-refractivity contribution in [3.63, 3.8) is 0 Å². The standard InChI is InChI=1S/C22H31N3O6.C4H7NO3S.C4H10.C2H4/c1-21(2,3)31-20(28)23-12-18(26)25-13-22(29,14-5-9-16(30-4)10-6-14)11-17(25)19(27)24-15-7-8-15;6-3-5-9(7,8)4-1-2-4;1-4(2)3;1-2/h5-6,9-10,15,17,29H,7-8,11-13H2,1-4H3,(H,23,28)(H,24,27);3-4H,1-2H2,(H,5,6);4H,1-3H3;1-2H2/t17-,22-;;;/m0.../s1. The van der Waals surface area contributed by atoms with Crippen LogP contribution in [0.5, 0.6) is 5.75 Å². The highest BCUT2D eigenvalue weighted by Crippen LogP contribution is 2.37. The molecule has 0 spiro atoms. The van der Waals surface area contributed by atoms with Crippen LogP contribution < -0.4 is 20.1 Å². The Hall–Kier alpha value is -3.65. The summed E-state index contributed by atoms with van der Waals surface area (Å²) in [6.07, 6.45) is 2.74. The van der Waals surface area contributed by atoms with E-state index in [1.807, 2.05) is 0 Å². The molecule has 3 aliphatic rings. The maximum atomic E-state index is 12.9. The van der Waals surface area contributed by atoms with Gasteiger partial charge in [-0.1, -0.05) is 32.9 Å². The molecule has 1 aromatic rings. The molecule has 3 fully saturated rings. The van der Waals surface area contributed by atoms with Gasteiger partial charge in [0.25, 0.3) is 0 Å². The van der Waals surface area contributed by atoms with E-state index >= 15 is 0 Å². The summed E-state index contributed by atoms with van der Waals surface area (Å²) in [5.41, 5.74) is -1.49. The first-order valence-electron chi connectivity index (χ1n) is 15.3. The number of carbonyl (C=O) groups is 4. The van der Waals surface area contributed by atoms with Crippen LogP contribution in [0.25, 0.3) is 0 Å². The number of rotatable bonds is 9. The predicted octanol–water partition coefficient (Wildman–Crippen LogP) is 2.98. The molecule has 13 nitrogen and oxygen atoms in total. The molecule has 46 heavy (non-hydrogen) atoms. The van der Waals surface area contributed by atoms with Gasteiger partial charge in [-0.3, -0.25) is 19.1 Å². The Balaban J connectivity index is 0.000000584. The average molecular weight is 669 g/mol. The summed E-state index contributed by atoms with van der Waals surface area (Å²) in [6, 6.07) is 6.19. The van der Waals surface area contributed by atoms with Crippen LogP contribution in [-0.4, -0.2) is 85.9 Å². The van der Waals surface area contributed by atoms with Crippen molar-refractivity contribution in [1.29, 1.82) is 0 Å². The smallest absolute Gasteiger partial charge is 0.408 e. The molecule has 14 heteroatoms. The topological polar surface area (TPSA) is 180 Å². The molecule has 1 heterocycles. The fourth-order valence-corrected chi connectivity index (χ4v) is 5.21. The van der Waals surface area contributed by atoms with Crippen molar-refractivity contribution in [3.05, 3.63) is 43.0 Å². The highest BCUT2D eigenvalue weighted by molar-refractivity contribution is 7.90. The van der Waals surface area contributed by atoms with Crippen LogP contribution in [0, 0.1) is 5.92 Å². The Bertz CT molecular complexity index is 1250. The van der Waals surface area contributed by atoms with E-state index in [-0.39, 0.29) is 43.1 Å². The molecular formula is C32H52N4O9S. The van der Waals surface area contributed by atoms with Gasteiger partial charge in [0.05, 0.1) is 18.9 Å². The zero-order valence-corrected chi connectivity index (χ0v) is 28.9. The predicted molar refractivity (Wildman–Crippen MR) is 175 cm³/mol. The molecule has 4 amide bonds. The number of sulfonamides is 1. The molecule has 0 unspecified atom stereocenters. The molecule has 260 valence electrons. The number of methoxy groups -OCH3 is 1. The van der Waals surface area contributed by atoms with E-state index in [1.54, 1.807) is 56.9 Å². The van der Waals surface area contributed by atoms with Crippen molar-refractivity contribution in [1.82, 2.24) is 20.3 Å². The summed E-state index contributed by atoms with van der Waals surface area (Å²) >= 11 is 0. The maximum Gasteiger partial charge on any atom is 0.408 e. The van der Waals surface area contributed by atoms with E-state index in [2.05, 4.69) is 44.6 Å². The van der Waals surface area contributed by atoms with E-state index < -0.39 is 39.3 Å². The second-order valence-electron chi connectivity index (χ2n) is 12.9. The number of ether oxygens (including phenoxy) is 2. The number of benzene rings is 1. The van der Waals surface area contributed by atoms with Gasteiger partial charge in [0.1, 0.15) is 29.5 Å². The van der Waals surface area contributed by atoms with Crippen molar-refractivity contribution >= 4 is 34.3 Å². The molecule has 1 saturated heterocycles. The van der Waals surface area contributed by atoms with Gasteiger partial charge in [0, 0.05) is 12.5 Å². The van der Waals surface area contributed by atoms with Gasteiger partial charge in [-0.15, -0.1) is 13.2 Å². The summed E-state index contributed by atoms with van der Waals surface area (Å²) in [4.78, 5) is 48.6. The Morgan fingerprint density at radius 1 is 1.09 bits per heavy atom. The number of aliphatic hydroxyl groups is 1. The van der Waals surface area contributed by atoms with Gasteiger partial charge in [0.15, 0.2) is 0 Å². The van der Waals surface area contributed by atoms with Gasteiger partial charge < -0.3 is 30.1 Å². The number of β-amino-alcohol motifs (C(OH)–C–C–N with tert-alkyl or cyclic N) is 1. The number of likely N-dealkylation sites (tertiary alicyclic amines) is 1. The molecule has 0 aromatic heterocycles. The molecule has 4 rings (SSSR count). The average Bonchev–Trinajstić information content (AvgIpc) is 3.90. The summed E-state index contributed by atoms with van der Waals surface area (Å²) in [6.45, 7) is 17.3. The molecule has 1 aromatic carbocycles. The van der Waals surface area contributed by atoms with Gasteiger partial charge in [-0.2, -0.15) is 0 Å². The first-order valence-corrected chi connectivity index (χ1v) is 16.8. The van der Waals surface area contributed by atoms with E-state index in [1.165, 1.54) is 4.90 Å². The van der Waals surface area contributed by atoms with Gasteiger partial charge >= 0.3 is 6.09 Å². The minimum Gasteiger partial charge on any atom is -0.497 e. The fourth-order valence-electron chi connectivity index (χ4n) is 4.12. The van der Waals surface area contributed by atoms with Crippen LogP contribution in [-0.2, 0) is 34.7 Å². The van der Waals surface area contributed by atoms with Crippen molar-refractivity contribution in [2.45, 2.75) is 102 Å². The van der Waals surface area contributed by atoms with Crippen LogP contribution in [0.3, 0.4) is 0 Å². The normalized spacial score (nSPS) is 20.3. The van der Waals surface area contributed by atoms with Crippen LogP contribution >= 0.6 is 0 Å². The van der Waals surface area contributed by atoms with Crippen LogP contribution in [0.2, 0.25) is 0 Å². The fraction of sp³-hybridized carbons (Fsp3) is 0.625. The largest absolute Gasteiger partial charge is 0.497 e. The van der Waals surface area contributed by atoms with Crippen LogP contribution in [0.4, 0.5) is 4.79 Å². The van der Waals surface area contributed by atoms with Crippen molar-refractivity contribution < 1.29 is 42.2 Å². The number of amides is 4. The number of alkyl carbamates (subject to hydrolysis) is 1.